The average Bonchev–Trinajstić information content (AvgIpc) is 2.99. The van der Waals surface area contributed by atoms with E-state index in [0.29, 0.717) is 13.0 Å². The van der Waals surface area contributed by atoms with E-state index in [2.05, 4.69) is 35.4 Å². The fraction of sp³-hybridized carbons (Fsp3) is 0.250. The van der Waals surface area contributed by atoms with E-state index >= 15 is 0 Å². The van der Waals surface area contributed by atoms with E-state index in [-0.39, 0.29) is 5.91 Å². The van der Waals surface area contributed by atoms with E-state index in [1.807, 2.05) is 30.5 Å². The van der Waals surface area contributed by atoms with Gasteiger partial charge in [0.1, 0.15) is 0 Å². The van der Waals surface area contributed by atoms with Crippen molar-refractivity contribution in [3.63, 3.8) is 0 Å². The zero-order valence-electron chi connectivity index (χ0n) is 14.1. The van der Waals surface area contributed by atoms with Crippen LogP contribution in [-0.2, 0) is 11.2 Å². The molecule has 0 fully saturated rings. The van der Waals surface area contributed by atoms with Gasteiger partial charge in [0.15, 0.2) is 0 Å². The maximum absolute atomic E-state index is 12.0. The Balaban J connectivity index is 1.41. The molecule has 0 aliphatic heterocycles. The summed E-state index contributed by atoms with van der Waals surface area (Å²) in [5, 5.41) is 4.98. The van der Waals surface area contributed by atoms with Crippen LogP contribution in [0.15, 0.2) is 53.6 Å². The number of aromatic amines is 1. The Morgan fingerprint density at radius 3 is 2.80 bits per heavy atom. The lowest BCUT2D eigenvalue weighted by Gasteiger charge is -2.05. The minimum atomic E-state index is 0.0949. The number of rotatable bonds is 7. The molecular formula is C20H21ClN2OS. The van der Waals surface area contributed by atoms with Crippen molar-refractivity contribution in [2.24, 2.45) is 0 Å². The highest BCUT2D eigenvalue weighted by molar-refractivity contribution is 7.99. The normalized spacial score (nSPS) is 11.0. The highest BCUT2D eigenvalue weighted by atomic mass is 35.5. The maximum Gasteiger partial charge on any atom is 0.220 e. The molecule has 0 aliphatic carbocycles. The molecule has 0 unspecified atom stereocenters. The van der Waals surface area contributed by atoms with Gasteiger partial charge in [-0.15, -0.1) is 11.8 Å². The van der Waals surface area contributed by atoms with Gasteiger partial charge >= 0.3 is 0 Å². The first kappa shape index (κ1) is 17.9. The number of nitrogens with one attached hydrogen (secondary N) is 2. The molecule has 2 aromatic carbocycles. The Morgan fingerprint density at radius 2 is 2.00 bits per heavy atom. The minimum absolute atomic E-state index is 0.0949. The lowest BCUT2D eigenvalue weighted by atomic mass is 10.1. The molecule has 5 heteroatoms. The summed E-state index contributed by atoms with van der Waals surface area (Å²) in [5.41, 5.74) is 3.64. The summed E-state index contributed by atoms with van der Waals surface area (Å²) in [5.74, 6) is 0.859. The van der Waals surface area contributed by atoms with Crippen molar-refractivity contribution in [1.29, 1.82) is 0 Å². The SMILES string of the molecule is Cc1ccc2[nH]cc(CCNC(=O)CCSc3ccc(Cl)cc3)c2c1. The van der Waals surface area contributed by atoms with Crippen LogP contribution in [-0.4, -0.2) is 23.2 Å². The van der Waals surface area contributed by atoms with Gasteiger partial charge in [0, 0.05) is 45.7 Å². The van der Waals surface area contributed by atoms with Crippen molar-refractivity contribution in [3.8, 4) is 0 Å². The molecular weight excluding hydrogens is 352 g/mol. The van der Waals surface area contributed by atoms with E-state index in [1.165, 1.54) is 16.5 Å². The fourth-order valence-corrected chi connectivity index (χ4v) is 3.69. The average molecular weight is 373 g/mol. The van der Waals surface area contributed by atoms with Gasteiger partial charge in [0.05, 0.1) is 0 Å². The van der Waals surface area contributed by atoms with Crippen LogP contribution in [0.5, 0.6) is 0 Å². The van der Waals surface area contributed by atoms with E-state index in [0.717, 1.165) is 27.6 Å². The molecule has 1 heterocycles. The van der Waals surface area contributed by atoms with Gasteiger partial charge in [0.2, 0.25) is 5.91 Å². The Labute approximate surface area is 157 Å². The summed E-state index contributed by atoms with van der Waals surface area (Å²) in [7, 11) is 0. The first-order chi connectivity index (χ1) is 12.1. The van der Waals surface area contributed by atoms with Crippen LogP contribution in [0.3, 0.4) is 0 Å². The van der Waals surface area contributed by atoms with Gasteiger partial charge in [-0.1, -0.05) is 23.2 Å². The number of benzene rings is 2. The molecule has 1 aromatic heterocycles. The maximum atomic E-state index is 12.0. The Bertz CT molecular complexity index is 858. The number of carbonyl (C=O) groups excluding carboxylic acids is 1. The second-order valence-corrected chi connectivity index (χ2v) is 7.62. The first-order valence-corrected chi connectivity index (χ1v) is 9.70. The number of hydrogen-bond donors (Lipinski definition) is 2. The van der Waals surface area contributed by atoms with Crippen molar-refractivity contribution < 1.29 is 4.79 Å². The predicted octanol–water partition coefficient (Wildman–Crippen LogP) is 4.97. The molecule has 3 rings (SSSR count). The second kappa shape index (κ2) is 8.45. The number of aryl methyl sites for hydroxylation is 1. The van der Waals surface area contributed by atoms with Gasteiger partial charge in [-0.3, -0.25) is 4.79 Å². The summed E-state index contributed by atoms with van der Waals surface area (Å²) in [4.78, 5) is 16.4. The molecule has 0 radical (unpaired) electrons. The van der Waals surface area contributed by atoms with Gasteiger partial charge < -0.3 is 10.3 Å². The van der Waals surface area contributed by atoms with Crippen LogP contribution < -0.4 is 5.32 Å². The monoisotopic (exact) mass is 372 g/mol. The predicted molar refractivity (Wildman–Crippen MR) is 107 cm³/mol. The van der Waals surface area contributed by atoms with Gasteiger partial charge in [0.25, 0.3) is 0 Å². The molecule has 0 atom stereocenters. The molecule has 3 aromatic rings. The standard InChI is InChI=1S/C20H21ClN2OS/c1-14-2-7-19-18(12-14)15(13-23-19)8-10-22-20(24)9-11-25-17-5-3-16(21)4-6-17/h2-7,12-13,23H,8-11H2,1H3,(H,22,24). The van der Waals surface area contributed by atoms with Gasteiger partial charge in [-0.05, 0) is 55.3 Å². The van der Waals surface area contributed by atoms with Crippen LogP contribution in [0.2, 0.25) is 5.02 Å². The quantitative estimate of drug-likeness (QED) is 0.575. The molecule has 0 aliphatic rings. The highest BCUT2D eigenvalue weighted by Crippen LogP contribution is 2.21. The van der Waals surface area contributed by atoms with Crippen LogP contribution in [0.1, 0.15) is 17.5 Å². The molecule has 0 saturated carbocycles. The largest absolute Gasteiger partial charge is 0.361 e. The smallest absolute Gasteiger partial charge is 0.220 e. The van der Waals surface area contributed by atoms with E-state index in [1.54, 1.807) is 11.8 Å². The Morgan fingerprint density at radius 1 is 1.20 bits per heavy atom. The van der Waals surface area contributed by atoms with Crippen LogP contribution in [0, 0.1) is 6.92 Å². The number of amides is 1. The van der Waals surface area contributed by atoms with Crippen molar-refractivity contribution in [3.05, 3.63) is 64.8 Å². The lowest BCUT2D eigenvalue weighted by molar-refractivity contribution is -0.120. The molecule has 25 heavy (non-hydrogen) atoms. The van der Waals surface area contributed by atoms with Crippen molar-refractivity contribution in [2.75, 3.05) is 12.3 Å². The van der Waals surface area contributed by atoms with E-state index in [4.69, 9.17) is 11.6 Å². The van der Waals surface area contributed by atoms with E-state index < -0.39 is 0 Å². The Hall–Kier alpha value is -1.91. The third-order valence-corrected chi connectivity index (χ3v) is 5.32. The van der Waals surface area contributed by atoms with Crippen molar-refractivity contribution >= 4 is 40.2 Å². The van der Waals surface area contributed by atoms with Crippen LogP contribution >= 0.6 is 23.4 Å². The lowest BCUT2D eigenvalue weighted by Crippen LogP contribution is -2.25. The van der Waals surface area contributed by atoms with E-state index in [9.17, 15) is 4.79 Å². The third-order valence-electron chi connectivity index (χ3n) is 4.05. The number of thioether (sulfide) groups is 1. The van der Waals surface area contributed by atoms with Crippen LogP contribution in [0.4, 0.5) is 0 Å². The van der Waals surface area contributed by atoms with Gasteiger partial charge in [-0.25, -0.2) is 0 Å². The zero-order chi connectivity index (χ0) is 17.6. The number of hydrogen-bond acceptors (Lipinski definition) is 2. The summed E-state index contributed by atoms with van der Waals surface area (Å²) in [6.45, 7) is 2.75. The minimum Gasteiger partial charge on any atom is -0.361 e. The van der Waals surface area contributed by atoms with Crippen molar-refractivity contribution in [1.82, 2.24) is 10.3 Å². The Kier molecular flexibility index (Phi) is 6.05. The number of halogens is 1. The number of fused-ring (bicyclic) bond motifs is 1. The topological polar surface area (TPSA) is 44.9 Å². The first-order valence-electron chi connectivity index (χ1n) is 8.33. The second-order valence-electron chi connectivity index (χ2n) is 6.02. The summed E-state index contributed by atoms with van der Waals surface area (Å²) in [6, 6.07) is 14.1. The third kappa shape index (κ3) is 5.03. The molecule has 0 bridgehead atoms. The van der Waals surface area contributed by atoms with Gasteiger partial charge in [-0.2, -0.15) is 0 Å². The number of aromatic nitrogens is 1. The molecule has 1 amide bonds. The molecule has 130 valence electrons. The zero-order valence-corrected chi connectivity index (χ0v) is 15.7. The summed E-state index contributed by atoms with van der Waals surface area (Å²) in [6.07, 6.45) is 3.38. The molecule has 2 N–H and O–H groups in total. The highest BCUT2D eigenvalue weighted by Gasteiger charge is 2.06. The molecule has 0 saturated heterocycles. The summed E-state index contributed by atoms with van der Waals surface area (Å²) >= 11 is 7.53. The molecule has 0 spiro atoms. The van der Waals surface area contributed by atoms with Crippen LogP contribution in [0.25, 0.3) is 10.9 Å². The summed E-state index contributed by atoms with van der Waals surface area (Å²) < 4.78 is 0. The molecule has 3 nitrogen and oxygen atoms in total. The number of carbonyl (C=O) groups is 1. The van der Waals surface area contributed by atoms with Crippen molar-refractivity contribution in [2.45, 2.75) is 24.7 Å². The number of H-pyrrole nitrogens is 1. The fourth-order valence-electron chi connectivity index (χ4n) is 2.72.